The van der Waals surface area contributed by atoms with E-state index in [0.29, 0.717) is 32.1 Å². The lowest BCUT2D eigenvalue weighted by atomic mass is 9.97. The van der Waals surface area contributed by atoms with Gasteiger partial charge in [0.25, 0.3) is 5.56 Å². The van der Waals surface area contributed by atoms with Gasteiger partial charge in [-0.1, -0.05) is 0 Å². The number of hydrogen-bond donors (Lipinski definition) is 1. The number of sulfonamides is 1. The third-order valence-electron chi connectivity index (χ3n) is 4.19. The van der Waals surface area contributed by atoms with Gasteiger partial charge in [0.05, 0.1) is 11.9 Å². The number of nitrogens with one attached hydrogen (secondary N) is 1. The maximum atomic E-state index is 12.1. The van der Waals surface area contributed by atoms with Crippen LogP contribution >= 0.6 is 0 Å². The number of H-pyrrole nitrogens is 1. The summed E-state index contributed by atoms with van der Waals surface area (Å²) in [7, 11) is -3.14. The van der Waals surface area contributed by atoms with Gasteiger partial charge in [0, 0.05) is 31.7 Å². The molecular weight excluding hydrogens is 292 g/mol. The third-order valence-corrected chi connectivity index (χ3v) is 5.49. The Bertz CT molecular complexity index is 690. The smallest absolute Gasteiger partial charge is 0.255 e. The zero-order chi connectivity index (χ0) is 15.0. The number of fused-ring (bicyclic) bond motifs is 1. The van der Waals surface area contributed by atoms with Gasteiger partial charge in [0.1, 0.15) is 0 Å². The van der Waals surface area contributed by atoms with Gasteiger partial charge in [-0.05, 0) is 25.7 Å². The van der Waals surface area contributed by atoms with Crippen molar-refractivity contribution in [2.75, 3.05) is 37.3 Å². The van der Waals surface area contributed by atoms with Gasteiger partial charge in [0.2, 0.25) is 16.0 Å². The van der Waals surface area contributed by atoms with E-state index in [9.17, 15) is 13.2 Å². The molecule has 1 aromatic rings. The third kappa shape index (κ3) is 2.96. The lowest BCUT2D eigenvalue weighted by Crippen LogP contribution is -2.49. The minimum Gasteiger partial charge on any atom is -0.340 e. The van der Waals surface area contributed by atoms with Crippen LogP contribution in [0, 0.1) is 0 Å². The van der Waals surface area contributed by atoms with E-state index < -0.39 is 10.0 Å². The van der Waals surface area contributed by atoms with Crippen molar-refractivity contribution in [3.8, 4) is 0 Å². The minimum absolute atomic E-state index is 0.0414. The number of anilines is 1. The van der Waals surface area contributed by atoms with Crippen molar-refractivity contribution < 1.29 is 8.42 Å². The molecule has 1 N–H and O–H groups in total. The van der Waals surface area contributed by atoms with E-state index in [1.54, 1.807) is 0 Å². The van der Waals surface area contributed by atoms with Crippen LogP contribution in [-0.4, -0.2) is 55.1 Å². The number of aromatic nitrogens is 2. The number of piperazine rings is 1. The Balaban J connectivity index is 1.80. The monoisotopic (exact) mass is 312 g/mol. The topological polar surface area (TPSA) is 86.4 Å². The summed E-state index contributed by atoms with van der Waals surface area (Å²) >= 11 is 0. The van der Waals surface area contributed by atoms with Crippen molar-refractivity contribution in [1.29, 1.82) is 0 Å². The molecule has 0 atom stereocenters. The average Bonchev–Trinajstić information content (AvgIpc) is 2.46. The van der Waals surface area contributed by atoms with Gasteiger partial charge in [-0.15, -0.1) is 0 Å². The van der Waals surface area contributed by atoms with Gasteiger partial charge >= 0.3 is 0 Å². The fourth-order valence-corrected chi connectivity index (χ4v) is 3.80. The second kappa shape index (κ2) is 5.42. The standard InChI is InChI=1S/C13H20N4O3S/c1-21(19,20)17-8-6-16(7-9-17)13-14-11-5-3-2-4-10(11)12(18)15-13/h2-9H2,1H3,(H,14,15,18). The van der Waals surface area contributed by atoms with Crippen LogP contribution < -0.4 is 10.5 Å². The molecule has 0 spiro atoms. The zero-order valence-corrected chi connectivity index (χ0v) is 12.9. The normalized spacial score (nSPS) is 20.3. The summed E-state index contributed by atoms with van der Waals surface area (Å²) in [5.74, 6) is 0.578. The highest BCUT2D eigenvalue weighted by atomic mass is 32.2. The molecule has 8 heteroatoms. The van der Waals surface area contributed by atoms with Crippen LogP contribution in [-0.2, 0) is 22.9 Å². The molecule has 1 aliphatic carbocycles. The summed E-state index contributed by atoms with van der Waals surface area (Å²) in [5.41, 5.74) is 1.69. The molecule has 1 aliphatic heterocycles. The van der Waals surface area contributed by atoms with E-state index in [1.165, 1.54) is 10.6 Å². The lowest BCUT2D eigenvalue weighted by molar-refractivity contribution is 0.385. The highest BCUT2D eigenvalue weighted by molar-refractivity contribution is 7.88. The molecule has 0 unspecified atom stereocenters. The molecule has 0 bridgehead atoms. The lowest BCUT2D eigenvalue weighted by Gasteiger charge is -2.33. The highest BCUT2D eigenvalue weighted by Gasteiger charge is 2.25. The Morgan fingerprint density at radius 2 is 1.76 bits per heavy atom. The quantitative estimate of drug-likeness (QED) is 0.812. The van der Waals surface area contributed by atoms with Gasteiger partial charge in [0.15, 0.2) is 0 Å². The molecule has 0 radical (unpaired) electrons. The van der Waals surface area contributed by atoms with Gasteiger partial charge in [-0.3, -0.25) is 9.78 Å². The van der Waals surface area contributed by atoms with Crippen molar-refractivity contribution in [2.45, 2.75) is 25.7 Å². The Morgan fingerprint density at radius 1 is 1.10 bits per heavy atom. The molecule has 1 saturated heterocycles. The largest absolute Gasteiger partial charge is 0.340 e. The summed E-state index contributed by atoms with van der Waals surface area (Å²) < 4.78 is 24.5. The number of aryl methyl sites for hydroxylation is 1. The Hall–Kier alpha value is -1.41. The van der Waals surface area contributed by atoms with Crippen LogP contribution in [0.4, 0.5) is 5.95 Å². The van der Waals surface area contributed by atoms with E-state index in [0.717, 1.165) is 36.9 Å². The zero-order valence-electron chi connectivity index (χ0n) is 12.1. The molecule has 0 amide bonds. The van der Waals surface area contributed by atoms with E-state index in [4.69, 9.17) is 0 Å². The summed E-state index contributed by atoms with van der Waals surface area (Å²) in [6, 6.07) is 0. The summed E-state index contributed by atoms with van der Waals surface area (Å²) in [5, 5.41) is 0. The predicted octanol–water partition coefficient (Wildman–Crippen LogP) is -0.270. The fraction of sp³-hybridized carbons (Fsp3) is 0.692. The first-order valence-corrected chi connectivity index (χ1v) is 9.12. The van der Waals surface area contributed by atoms with Crippen LogP contribution in [0.5, 0.6) is 0 Å². The van der Waals surface area contributed by atoms with Crippen molar-refractivity contribution in [3.05, 3.63) is 21.6 Å². The van der Waals surface area contributed by atoms with E-state index in [2.05, 4.69) is 9.97 Å². The first kappa shape index (κ1) is 14.5. The Labute approximate surface area is 124 Å². The molecule has 1 fully saturated rings. The number of hydrogen-bond acceptors (Lipinski definition) is 5. The molecule has 1 aromatic heterocycles. The number of nitrogens with zero attached hydrogens (tertiary/aromatic N) is 3. The minimum atomic E-state index is -3.14. The molecule has 0 saturated carbocycles. The second-order valence-corrected chi connectivity index (χ2v) is 7.65. The molecule has 0 aromatic carbocycles. The van der Waals surface area contributed by atoms with Crippen molar-refractivity contribution in [2.24, 2.45) is 0 Å². The van der Waals surface area contributed by atoms with E-state index in [1.807, 2.05) is 4.90 Å². The highest BCUT2D eigenvalue weighted by Crippen LogP contribution is 2.19. The van der Waals surface area contributed by atoms with Crippen LogP contribution in [0.2, 0.25) is 0 Å². The summed E-state index contributed by atoms with van der Waals surface area (Å²) in [4.78, 5) is 21.5. The van der Waals surface area contributed by atoms with Gasteiger partial charge in [-0.25, -0.2) is 13.4 Å². The van der Waals surface area contributed by atoms with Crippen molar-refractivity contribution in [1.82, 2.24) is 14.3 Å². The molecule has 2 aliphatic rings. The predicted molar refractivity (Wildman–Crippen MR) is 80.1 cm³/mol. The maximum Gasteiger partial charge on any atom is 0.255 e. The maximum absolute atomic E-state index is 12.1. The van der Waals surface area contributed by atoms with Gasteiger partial charge in [-0.2, -0.15) is 4.31 Å². The second-order valence-electron chi connectivity index (χ2n) is 5.67. The molecular formula is C13H20N4O3S. The number of aromatic amines is 1. The number of rotatable bonds is 2. The van der Waals surface area contributed by atoms with Crippen LogP contribution in [0.3, 0.4) is 0 Å². The molecule has 21 heavy (non-hydrogen) atoms. The average molecular weight is 312 g/mol. The fourth-order valence-electron chi connectivity index (χ4n) is 2.97. The Kier molecular flexibility index (Phi) is 3.75. The van der Waals surface area contributed by atoms with Crippen LogP contribution in [0.25, 0.3) is 0 Å². The SMILES string of the molecule is CS(=O)(=O)N1CCN(c2nc3c(c(=O)[nH]2)CCCC3)CC1. The Morgan fingerprint density at radius 3 is 2.43 bits per heavy atom. The van der Waals surface area contributed by atoms with Crippen LogP contribution in [0.15, 0.2) is 4.79 Å². The van der Waals surface area contributed by atoms with Crippen molar-refractivity contribution >= 4 is 16.0 Å². The first-order valence-electron chi connectivity index (χ1n) is 7.27. The van der Waals surface area contributed by atoms with E-state index in [-0.39, 0.29) is 5.56 Å². The van der Waals surface area contributed by atoms with Gasteiger partial charge < -0.3 is 4.90 Å². The first-order chi connectivity index (χ1) is 9.95. The molecule has 116 valence electrons. The molecule has 3 rings (SSSR count). The summed E-state index contributed by atoms with van der Waals surface area (Å²) in [6.07, 6.45) is 5.01. The molecule has 7 nitrogen and oxygen atoms in total. The van der Waals surface area contributed by atoms with Crippen LogP contribution in [0.1, 0.15) is 24.1 Å². The summed E-state index contributed by atoms with van der Waals surface area (Å²) in [6.45, 7) is 1.96. The molecule has 2 heterocycles. The van der Waals surface area contributed by atoms with E-state index >= 15 is 0 Å². The van der Waals surface area contributed by atoms with Crippen molar-refractivity contribution in [3.63, 3.8) is 0 Å².